The van der Waals surface area contributed by atoms with Crippen LogP contribution in [0.1, 0.15) is 24.2 Å². The normalized spacial score (nSPS) is 19.8. The molecule has 6 heteroatoms. The first kappa shape index (κ1) is 18.3. The quantitative estimate of drug-likeness (QED) is 0.802. The maximum atomic E-state index is 12.7. The summed E-state index contributed by atoms with van der Waals surface area (Å²) in [5.74, 6) is -0.0943. The summed E-state index contributed by atoms with van der Waals surface area (Å²) in [7, 11) is 1.91. The van der Waals surface area contributed by atoms with Crippen LogP contribution in [-0.4, -0.2) is 34.5 Å². The van der Waals surface area contributed by atoms with Crippen molar-refractivity contribution in [1.82, 2.24) is 9.62 Å². The van der Waals surface area contributed by atoms with Crippen molar-refractivity contribution in [3.05, 3.63) is 64.7 Å². The second-order valence-corrected chi connectivity index (χ2v) is 7.90. The Bertz CT molecular complexity index is 756. The average Bonchev–Trinajstić information content (AvgIpc) is 2.61. The van der Waals surface area contributed by atoms with Crippen molar-refractivity contribution in [2.24, 2.45) is 0 Å². The average molecular weight is 377 g/mol. The fourth-order valence-corrected chi connectivity index (χ4v) is 4.14. The summed E-state index contributed by atoms with van der Waals surface area (Å²) in [6.07, 6.45) is -0.146. The number of rotatable bonds is 4. The van der Waals surface area contributed by atoms with Crippen molar-refractivity contribution in [2.45, 2.75) is 36.4 Å². The molecule has 2 unspecified atom stereocenters. The van der Waals surface area contributed by atoms with Crippen LogP contribution in [0.15, 0.2) is 53.4 Å². The van der Waals surface area contributed by atoms with Crippen LogP contribution in [0, 0.1) is 0 Å². The number of fused-ring (bicyclic) bond motifs is 1. The number of nitrogens with zero attached hydrogens (tertiary/aromatic N) is 1. The summed E-state index contributed by atoms with van der Waals surface area (Å²) in [4.78, 5) is 13.9. The molecule has 2 N–H and O–H groups in total. The van der Waals surface area contributed by atoms with Gasteiger partial charge in [0.05, 0.1) is 12.1 Å². The predicted octanol–water partition coefficient (Wildman–Crippen LogP) is 3.44. The molecule has 0 aliphatic carbocycles. The number of likely N-dealkylation sites (N-methyl/N-ethyl adjacent to an activating group) is 1. The number of benzene rings is 2. The summed E-state index contributed by atoms with van der Waals surface area (Å²) in [6, 6.07) is 14.4. The van der Waals surface area contributed by atoms with Gasteiger partial charge in [-0.25, -0.2) is 4.31 Å². The van der Waals surface area contributed by atoms with Crippen molar-refractivity contribution in [3.63, 3.8) is 0 Å². The van der Waals surface area contributed by atoms with Gasteiger partial charge in [0.15, 0.2) is 0 Å². The zero-order valence-electron chi connectivity index (χ0n) is 14.1. The monoisotopic (exact) mass is 376 g/mol. The number of carbonyl (C=O) groups is 1. The van der Waals surface area contributed by atoms with Gasteiger partial charge in [-0.15, -0.1) is 0 Å². The van der Waals surface area contributed by atoms with Gasteiger partial charge < -0.3 is 10.4 Å². The van der Waals surface area contributed by atoms with Crippen molar-refractivity contribution < 1.29 is 9.90 Å². The number of amides is 1. The highest BCUT2D eigenvalue weighted by Gasteiger charge is 2.31. The standard InChI is InChI=1S/C19H21ClN2O2S/c1-12(18(23)13-6-4-3-5-7-13)21-19(24)16-11-14-10-15(20)8-9-17(14)25-22(16)2/h3-10,12,16,18,23H,11H2,1-2H3,(H,21,24)/t12-,16?,18?/m0/s1. The van der Waals surface area contributed by atoms with Crippen molar-refractivity contribution in [2.75, 3.05) is 7.05 Å². The molecule has 3 atom stereocenters. The maximum absolute atomic E-state index is 12.7. The van der Waals surface area contributed by atoms with Crippen LogP contribution < -0.4 is 5.32 Å². The molecule has 0 saturated carbocycles. The lowest BCUT2D eigenvalue weighted by atomic mass is 10.0. The molecule has 4 nitrogen and oxygen atoms in total. The molecule has 0 spiro atoms. The minimum Gasteiger partial charge on any atom is -0.386 e. The minimum atomic E-state index is -0.742. The summed E-state index contributed by atoms with van der Waals surface area (Å²) in [6.45, 7) is 1.82. The van der Waals surface area contributed by atoms with Gasteiger partial charge in [-0.05, 0) is 61.7 Å². The molecule has 1 amide bonds. The van der Waals surface area contributed by atoms with Gasteiger partial charge in [-0.1, -0.05) is 41.9 Å². The Balaban J connectivity index is 1.68. The molecule has 132 valence electrons. The predicted molar refractivity (Wildman–Crippen MR) is 102 cm³/mol. The molecule has 25 heavy (non-hydrogen) atoms. The lowest BCUT2D eigenvalue weighted by Crippen LogP contribution is -2.49. The second-order valence-electron chi connectivity index (χ2n) is 6.26. The minimum absolute atomic E-state index is 0.0943. The van der Waals surface area contributed by atoms with E-state index in [-0.39, 0.29) is 18.0 Å². The largest absolute Gasteiger partial charge is 0.386 e. The molecule has 1 heterocycles. The first-order chi connectivity index (χ1) is 12.0. The fourth-order valence-electron chi connectivity index (χ4n) is 2.95. The number of carbonyl (C=O) groups excluding carboxylic acids is 1. The molecule has 1 aliphatic heterocycles. The molecule has 0 aromatic heterocycles. The van der Waals surface area contributed by atoms with Crippen molar-refractivity contribution in [1.29, 1.82) is 0 Å². The fraction of sp³-hybridized carbons (Fsp3) is 0.316. The van der Waals surface area contributed by atoms with E-state index in [2.05, 4.69) is 5.32 Å². The van der Waals surface area contributed by atoms with E-state index in [0.717, 1.165) is 16.0 Å². The number of aliphatic hydroxyl groups is 1. The van der Waals surface area contributed by atoms with Crippen LogP contribution in [0.3, 0.4) is 0 Å². The maximum Gasteiger partial charge on any atom is 0.238 e. The van der Waals surface area contributed by atoms with E-state index in [9.17, 15) is 9.90 Å². The topological polar surface area (TPSA) is 52.6 Å². The Hall–Kier alpha value is -1.53. The van der Waals surface area contributed by atoms with Gasteiger partial charge >= 0.3 is 0 Å². The third-order valence-electron chi connectivity index (χ3n) is 4.40. The molecule has 0 radical (unpaired) electrons. The van der Waals surface area contributed by atoms with E-state index in [1.807, 2.05) is 66.8 Å². The third-order valence-corrected chi connectivity index (χ3v) is 5.78. The summed E-state index contributed by atoms with van der Waals surface area (Å²) in [5.41, 5.74) is 1.87. The highest BCUT2D eigenvalue weighted by atomic mass is 35.5. The van der Waals surface area contributed by atoms with E-state index in [1.165, 1.54) is 0 Å². The van der Waals surface area contributed by atoms with Gasteiger partial charge in [0.1, 0.15) is 6.04 Å². The van der Waals surface area contributed by atoms with Crippen LogP contribution in [-0.2, 0) is 11.2 Å². The molecule has 3 rings (SSSR count). The Kier molecular flexibility index (Phi) is 5.69. The zero-order chi connectivity index (χ0) is 18.0. The van der Waals surface area contributed by atoms with E-state index in [4.69, 9.17) is 11.6 Å². The second kappa shape index (κ2) is 7.79. The van der Waals surface area contributed by atoms with Crippen LogP contribution >= 0.6 is 23.5 Å². The van der Waals surface area contributed by atoms with Crippen LogP contribution in [0.5, 0.6) is 0 Å². The number of nitrogens with one attached hydrogen (secondary N) is 1. The van der Waals surface area contributed by atoms with Gasteiger partial charge in [0.25, 0.3) is 0 Å². The van der Waals surface area contributed by atoms with Crippen molar-refractivity contribution in [3.8, 4) is 0 Å². The Morgan fingerprint density at radius 1 is 1.32 bits per heavy atom. The SMILES string of the molecule is C[C@H](NC(=O)C1Cc2cc(Cl)ccc2SN1C)C(O)c1ccccc1. The summed E-state index contributed by atoms with van der Waals surface area (Å²) >= 11 is 7.62. The van der Waals surface area contributed by atoms with Gasteiger partial charge in [0.2, 0.25) is 5.91 Å². The molecular weight excluding hydrogens is 356 g/mol. The third kappa shape index (κ3) is 4.18. The lowest BCUT2D eigenvalue weighted by molar-refractivity contribution is -0.126. The Labute approximate surface area is 157 Å². The first-order valence-electron chi connectivity index (χ1n) is 8.18. The smallest absolute Gasteiger partial charge is 0.238 e. The van der Waals surface area contributed by atoms with E-state index in [0.29, 0.717) is 11.4 Å². The van der Waals surface area contributed by atoms with E-state index < -0.39 is 6.10 Å². The van der Waals surface area contributed by atoms with Crippen LogP contribution in [0.2, 0.25) is 5.02 Å². The van der Waals surface area contributed by atoms with E-state index >= 15 is 0 Å². The highest BCUT2D eigenvalue weighted by molar-refractivity contribution is 7.97. The summed E-state index contributed by atoms with van der Waals surface area (Å²) in [5, 5.41) is 14.1. The molecule has 0 saturated heterocycles. The molecule has 0 bridgehead atoms. The summed E-state index contributed by atoms with van der Waals surface area (Å²) < 4.78 is 1.95. The Morgan fingerprint density at radius 2 is 2.04 bits per heavy atom. The van der Waals surface area contributed by atoms with Crippen molar-refractivity contribution >= 4 is 29.5 Å². The molecular formula is C19H21ClN2O2S. The Morgan fingerprint density at radius 3 is 2.76 bits per heavy atom. The van der Waals surface area contributed by atoms with Crippen LogP contribution in [0.25, 0.3) is 0 Å². The number of halogens is 1. The molecule has 2 aromatic carbocycles. The number of aliphatic hydroxyl groups excluding tert-OH is 1. The van der Waals surface area contributed by atoms with Gasteiger partial charge in [-0.2, -0.15) is 0 Å². The van der Waals surface area contributed by atoms with Crippen LogP contribution in [0.4, 0.5) is 0 Å². The first-order valence-corrected chi connectivity index (χ1v) is 9.33. The van der Waals surface area contributed by atoms with Gasteiger partial charge in [-0.3, -0.25) is 4.79 Å². The zero-order valence-corrected chi connectivity index (χ0v) is 15.7. The number of hydrogen-bond donors (Lipinski definition) is 2. The molecule has 0 fully saturated rings. The molecule has 2 aromatic rings. The van der Waals surface area contributed by atoms with E-state index in [1.54, 1.807) is 11.9 Å². The van der Waals surface area contributed by atoms with Gasteiger partial charge in [0, 0.05) is 9.92 Å². The highest BCUT2D eigenvalue weighted by Crippen LogP contribution is 2.35. The lowest BCUT2D eigenvalue weighted by Gasteiger charge is -2.33. The molecule has 1 aliphatic rings. The number of hydrogen-bond acceptors (Lipinski definition) is 4.